The van der Waals surface area contributed by atoms with Crippen molar-refractivity contribution in [1.82, 2.24) is 9.55 Å². The Balaban J connectivity index is 1.17. The van der Waals surface area contributed by atoms with E-state index in [0.717, 1.165) is 22.5 Å². The predicted octanol–water partition coefficient (Wildman–Crippen LogP) is 11.7. The summed E-state index contributed by atoms with van der Waals surface area (Å²) >= 11 is 0. The van der Waals surface area contributed by atoms with Gasteiger partial charge in [0, 0.05) is 5.69 Å². The molecule has 2 aliphatic carbocycles. The van der Waals surface area contributed by atoms with Gasteiger partial charge in [0.1, 0.15) is 5.82 Å². The summed E-state index contributed by atoms with van der Waals surface area (Å²) in [6.45, 7) is 2.08. The zero-order valence-electron chi connectivity index (χ0n) is 27.0. The second kappa shape index (κ2) is 9.65. The number of aryl methyl sites for hydroxylation is 1. The highest BCUT2D eigenvalue weighted by molar-refractivity contribution is 6.06. The van der Waals surface area contributed by atoms with Crippen LogP contribution < -0.4 is 0 Å². The molecule has 0 saturated carbocycles. The van der Waals surface area contributed by atoms with Crippen molar-refractivity contribution in [1.29, 1.82) is 0 Å². The SMILES string of the molecule is Cc1nc2ccccc2n1-c1cccc(-c2ccc3c4c(ccc3c2)-c2cc3ccccc3cc2C42c3ccccc3-c3ccccc32)c1. The molecule has 0 atom stereocenters. The van der Waals surface area contributed by atoms with Crippen LogP contribution in [0.25, 0.3) is 71.6 Å². The van der Waals surface area contributed by atoms with Crippen LogP contribution in [0.4, 0.5) is 0 Å². The van der Waals surface area contributed by atoms with Gasteiger partial charge in [0.2, 0.25) is 0 Å². The van der Waals surface area contributed by atoms with E-state index < -0.39 is 5.41 Å². The number of imidazole rings is 1. The lowest BCUT2D eigenvalue weighted by Crippen LogP contribution is -2.26. The first kappa shape index (κ1) is 26.8. The summed E-state index contributed by atoms with van der Waals surface area (Å²) in [5.74, 6) is 0.988. The van der Waals surface area contributed by atoms with Crippen LogP contribution in [-0.4, -0.2) is 9.55 Å². The number of benzene rings is 8. The first-order valence-electron chi connectivity index (χ1n) is 17.1. The molecule has 1 spiro atoms. The maximum Gasteiger partial charge on any atom is 0.111 e. The third kappa shape index (κ3) is 3.48. The van der Waals surface area contributed by atoms with Gasteiger partial charge in [-0.15, -0.1) is 0 Å². The Hall–Kier alpha value is -6.25. The minimum absolute atomic E-state index is 0.400. The van der Waals surface area contributed by atoms with E-state index in [1.165, 1.54) is 77.2 Å². The Morgan fingerprint density at radius 3 is 1.98 bits per heavy atom. The second-order valence-electron chi connectivity index (χ2n) is 13.5. The Labute approximate surface area is 284 Å². The summed E-state index contributed by atoms with van der Waals surface area (Å²) in [5.41, 5.74) is 16.1. The zero-order chi connectivity index (χ0) is 32.3. The normalized spacial score (nSPS) is 13.6. The van der Waals surface area contributed by atoms with Crippen molar-refractivity contribution >= 4 is 32.6 Å². The number of nitrogens with zero attached hydrogens (tertiary/aromatic N) is 2. The summed E-state index contributed by atoms with van der Waals surface area (Å²) < 4.78 is 2.26. The zero-order valence-corrected chi connectivity index (χ0v) is 27.0. The average Bonchev–Trinajstić information content (AvgIpc) is 3.76. The summed E-state index contributed by atoms with van der Waals surface area (Å²) in [6, 6.07) is 60.9. The molecule has 228 valence electrons. The van der Waals surface area contributed by atoms with Crippen molar-refractivity contribution in [2.24, 2.45) is 0 Å². The predicted molar refractivity (Wildman–Crippen MR) is 203 cm³/mol. The van der Waals surface area contributed by atoms with Crippen molar-refractivity contribution in [3.63, 3.8) is 0 Å². The molecule has 0 amide bonds. The van der Waals surface area contributed by atoms with Crippen molar-refractivity contribution < 1.29 is 0 Å². The third-order valence-corrected chi connectivity index (χ3v) is 11.1. The number of fused-ring (bicyclic) bond motifs is 14. The van der Waals surface area contributed by atoms with Crippen LogP contribution in [0.3, 0.4) is 0 Å². The molecule has 0 bridgehead atoms. The largest absolute Gasteiger partial charge is 0.297 e. The molecule has 1 heterocycles. The molecule has 0 radical (unpaired) electrons. The smallest absolute Gasteiger partial charge is 0.111 e. The van der Waals surface area contributed by atoms with Gasteiger partial charge in [-0.05, 0) is 127 Å². The second-order valence-corrected chi connectivity index (χ2v) is 13.5. The fraction of sp³-hybridized carbons (Fsp3) is 0.0426. The summed E-state index contributed by atoms with van der Waals surface area (Å²) in [7, 11) is 0. The highest BCUT2D eigenvalue weighted by Gasteiger charge is 2.52. The van der Waals surface area contributed by atoms with Crippen LogP contribution in [0, 0.1) is 6.92 Å². The van der Waals surface area contributed by atoms with Crippen molar-refractivity contribution in [3.8, 4) is 39.1 Å². The average molecular weight is 623 g/mol. The molecule has 0 N–H and O–H groups in total. The van der Waals surface area contributed by atoms with E-state index in [9.17, 15) is 0 Å². The number of rotatable bonds is 2. The molecule has 9 aromatic rings. The van der Waals surface area contributed by atoms with E-state index in [1.807, 2.05) is 0 Å². The molecule has 2 nitrogen and oxygen atoms in total. The number of hydrogen-bond acceptors (Lipinski definition) is 1. The Kier molecular flexibility index (Phi) is 5.28. The summed E-state index contributed by atoms with van der Waals surface area (Å²) in [4.78, 5) is 4.83. The van der Waals surface area contributed by atoms with Gasteiger partial charge in [-0.2, -0.15) is 0 Å². The standard InChI is InChI=1S/C47H30N2/c1-29-48-44-19-8-9-20-45(44)49(29)35-14-10-13-30(26-35)33-21-23-36-34(25-33)22-24-39-40-27-31-11-2-3-12-32(31)28-43(40)47(46(36)39)41-17-6-4-15-37(41)38-16-5-7-18-42(38)47/h2-28H,1H3. The first-order chi connectivity index (χ1) is 24.2. The van der Waals surface area contributed by atoms with Gasteiger partial charge in [0.15, 0.2) is 0 Å². The van der Waals surface area contributed by atoms with E-state index in [-0.39, 0.29) is 0 Å². The molecular formula is C47H30N2. The maximum atomic E-state index is 4.83. The molecule has 0 fully saturated rings. The number of para-hydroxylation sites is 2. The van der Waals surface area contributed by atoms with E-state index in [0.29, 0.717) is 0 Å². The number of aromatic nitrogens is 2. The van der Waals surface area contributed by atoms with E-state index in [4.69, 9.17) is 4.98 Å². The molecule has 8 aromatic carbocycles. The Morgan fingerprint density at radius 2 is 1.16 bits per heavy atom. The Bertz CT molecular complexity index is 2810. The lowest BCUT2D eigenvalue weighted by molar-refractivity contribution is 0.802. The Morgan fingerprint density at radius 1 is 0.469 bits per heavy atom. The molecule has 2 aliphatic rings. The van der Waals surface area contributed by atoms with Gasteiger partial charge in [0.05, 0.1) is 16.4 Å². The molecule has 2 heteroatoms. The summed E-state index contributed by atoms with van der Waals surface area (Å²) in [6.07, 6.45) is 0. The fourth-order valence-electron chi connectivity index (χ4n) is 9.14. The van der Waals surface area contributed by atoms with Crippen molar-refractivity contribution in [3.05, 3.63) is 192 Å². The van der Waals surface area contributed by atoms with E-state index in [2.05, 4.69) is 175 Å². The van der Waals surface area contributed by atoms with Gasteiger partial charge >= 0.3 is 0 Å². The van der Waals surface area contributed by atoms with Gasteiger partial charge in [0.25, 0.3) is 0 Å². The first-order valence-corrected chi connectivity index (χ1v) is 17.1. The maximum absolute atomic E-state index is 4.83. The van der Waals surface area contributed by atoms with Crippen molar-refractivity contribution in [2.75, 3.05) is 0 Å². The van der Waals surface area contributed by atoms with Gasteiger partial charge in [-0.25, -0.2) is 4.98 Å². The van der Waals surface area contributed by atoms with Gasteiger partial charge < -0.3 is 0 Å². The summed E-state index contributed by atoms with van der Waals surface area (Å²) in [5, 5.41) is 5.12. The van der Waals surface area contributed by atoms with Crippen LogP contribution in [0.15, 0.2) is 164 Å². The van der Waals surface area contributed by atoms with E-state index >= 15 is 0 Å². The topological polar surface area (TPSA) is 17.8 Å². The van der Waals surface area contributed by atoms with Crippen LogP contribution in [0.2, 0.25) is 0 Å². The van der Waals surface area contributed by atoms with Crippen LogP contribution in [-0.2, 0) is 5.41 Å². The fourth-order valence-corrected chi connectivity index (χ4v) is 9.14. The van der Waals surface area contributed by atoms with Gasteiger partial charge in [-0.3, -0.25) is 4.57 Å². The molecule has 0 aliphatic heterocycles. The molecule has 0 unspecified atom stereocenters. The van der Waals surface area contributed by atoms with Crippen LogP contribution >= 0.6 is 0 Å². The lowest BCUT2D eigenvalue weighted by atomic mass is 9.69. The lowest BCUT2D eigenvalue weighted by Gasteiger charge is -2.31. The minimum Gasteiger partial charge on any atom is -0.297 e. The van der Waals surface area contributed by atoms with Gasteiger partial charge in [-0.1, -0.05) is 121 Å². The molecule has 1 aromatic heterocycles. The highest BCUT2D eigenvalue weighted by Crippen LogP contribution is 2.64. The molecule has 11 rings (SSSR count). The molecule has 0 saturated heterocycles. The molecule has 49 heavy (non-hydrogen) atoms. The highest BCUT2D eigenvalue weighted by atomic mass is 15.1. The van der Waals surface area contributed by atoms with Crippen LogP contribution in [0.5, 0.6) is 0 Å². The minimum atomic E-state index is -0.400. The molecular weight excluding hydrogens is 593 g/mol. The van der Waals surface area contributed by atoms with Crippen LogP contribution in [0.1, 0.15) is 28.1 Å². The third-order valence-electron chi connectivity index (χ3n) is 11.1. The monoisotopic (exact) mass is 622 g/mol. The van der Waals surface area contributed by atoms with Crippen molar-refractivity contribution in [2.45, 2.75) is 12.3 Å². The number of hydrogen-bond donors (Lipinski definition) is 0. The quantitative estimate of drug-likeness (QED) is 0.188. The van der Waals surface area contributed by atoms with E-state index in [1.54, 1.807) is 0 Å².